The average Bonchev–Trinajstić information content (AvgIpc) is 2.01. The number of aromatic nitrogens is 1. The number of aliphatic hydroxyl groups is 1. The van der Waals surface area contributed by atoms with E-state index in [-0.39, 0.29) is 0 Å². The first-order valence-corrected chi connectivity index (χ1v) is 5.22. The highest BCUT2D eigenvalue weighted by molar-refractivity contribution is 9.10. The fraction of sp³-hybridized carbons (Fsp3) is 0.500. The van der Waals surface area contributed by atoms with Crippen LogP contribution in [0.3, 0.4) is 0 Å². The van der Waals surface area contributed by atoms with Crippen molar-refractivity contribution in [2.75, 3.05) is 18.5 Å². The van der Waals surface area contributed by atoms with Crippen LogP contribution in [0.2, 0.25) is 0 Å². The number of halogens is 1. The van der Waals surface area contributed by atoms with Crippen LogP contribution >= 0.6 is 15.9 Å². The molecule has 0 atom stereocenters. The minimum Gasteiger partial charge on any atom is -0.389 e. The summed E-state index contributed by atoms with van der Waals surface area (Å²) in [6.45, 7) is 4.15. The zero-order valence-electron chi connectivity index (χ0n) is 8.66. The van der Waals surface area contributed by atoms with Gasteiger partial charge in [0.25, 0.3) is 0 Å². The Labute approximate surface area is 92.9 Å². The van der Waals surface area contributed by atoms with Gasteiger partial charge < -0.3 is 10.0 Å². The SMILES string of the molecule is CN(CC(C)(C)O)c1cncc(Br)c1. The lowest BCUT2D eigenvalue weighted by atomic mass is 10.1. The lowest BCUT2D eigenvalue weighted by Crippen LogP contribution is -2.36. The maximum atomic E-state index is 9.64. The molecule has 1 aromatic heterocycles. The Morgan fingerprint density at radius 1 is 1.50 bits per heavy atom. The van der Waals surface area contributed by atoms with Gasteiger partial charge in [-0.2, -0.15) is 0 Å². The van der Waals surface area contributed by atoms with Crippen LogP contribution in [0.5, 0.6) is 0 Å². The molecule has 3 nitrogen and oxygen atoms in total. The van der Waals surface area contributed by atoms with Gasteiger partial charge in [0.1, 0.15) is 0 Å². The fourth-order valence-electron chi connectivity index (χ4n) is 1.28. The van der Waals surface area contributed by atoms with E-state index in [1.54, 1.807) is 26.2 Å². The molecular formula is C10H15BrN2O. The van der Waals surface area contributed by atoms with E-state index < -0.39 is 5.60 Å². The van der Waals surface area contributed by atoms with Crippen molar-refractivity contribution < 1.29 is 5.11 Å². The quantitative estimate of drug-likeness (QED) is 0.902. The molecule has 0 aliphatic heterocycles. The number of hydrogen-bond acceptors (Lipinski definition) is 3. The summed E-state index contributed by atoms with van der Waals surface area (Å²) in [6, 6.07) is 1.97. The number of hydrogen-bond donors (Lipinski definition) is 1. The normalized spacial score (nSPS) is 11.5. The first kappa shape index (κ1) is 11.5. The molecule has 0 aliphatic carbocycles. The lowest BCUT2D eigenvalue weighted by Gasteiger charge is -2.26. The number of anilines is 1. The maximum absolute atomic E-state index is 9.64. The molecule has 0 spiro atoms. The van der Waals surface area contributed by atoms with Crippen LogP contribution in [-0.2, 0) is 0 Å². The van der Waals surface area contributed by atoms with Crippen molar-refractivity contribution in [1.29, 1.82) is 0 Å². The highest BCUT2D eigenvalue weighted by Gasteiger charge is 2.15. The molecule has 1 aromatic rings. The smallest absolute Gasteiger partial charge is 0.0765 e. The van der Waals surface area contributed by atoms with E-state index >= 15 is 0 Å². The zero-order chi connectivity index (χ0) is 10.8. The Morgan fingerprint density at radius 3 is 2.64 bits per heavy atom. The van der Waals surface area contributed by atoms with Gasteiger partial charge in [0.2, 0.25) is 0 Å². The summed E-state index contributed by atoms with van der Waals surface area (Å²) in [4.78, 5) is 6.04. The van der Waals surface area contributed by atoms with Crippen LogP contribution < -0.4 is 4.90 Å². The summed E-state index contributed by atoms with van der Waals surface area (Å²) < 4.78 is 0.942. The summed E-state index contributed by atoms with van der Waals surface area (Å²) in [7, 11) is 1.93. The molecular weight excluding hydrogens is 244 g/mol. The third-order valence-electron chi connectivity index (χ3n) is 1.76. The molecule has 1 heterocycles. The van der Waals surface area contributed by atoms with E-state index in [4.69, 9.17) is 0 Å². The molecule has 78 valence electrons. The molecule has 1 N–H and O–H groups in total. The Balaban J connectivity index is 2.74. The topological polar surface area (TPSA) is 36.4 Å². The van der Waals surface area contributed by atoms with Gasteiger partial charge in [-0.3, -0.25) is 4.98 Å². The van der Waals surface area contributed by atoms with Gasteiger partial charge in [-0.25, -0.2) is 0 Å². The molecule has 0 bridgehead atoms. The molecule has 0 fully saturated rings. The third kappa shape index (κ3) is 3.64. The Bertz CT molecular complexity index is 309. The minimum atomic E-state index is -0.697. The van der Waals surface area contributed by atoms with E-state index in [1.165, 1.54) is 0 Å². The Kier molecular flexibility index (Phi) is 3.50. The molecule has 0 aliphatic rings. The van der Waals surface area contributed by atoms with Gasteiger partial charge in [0.15, 0.2) is 0 Å². The fourth-order valence-corrected chi connectivity index (χ4v) is 1.63. The molecule has 0 saturated heterocycles. The van der Waals surface area contributed by atoms with Crippen molar-refractivity contribution >= 4 is 21.6 Å². The van der Waals surface area contributed by atoms with Crippen LogP contribution in [0.15, 0.2) is 22.9 Å². The van der Waals surface area contributed by atoms with E-state index in [0.29, 0.717) is 6.54 Å². The predicted molar refractivity (Wildman–Crippen MR) is 61.5 cm³/mol. The van der Waals surface area contributed by atoms with Gasteiger partial charge in [0.05, 0.1) is 17.5 Å². The van der Waals surface area contributed by atoms with Crippen LogP contribution in [0.4, 0.5) is 5.69 Å². The second-order valence-electron chi connectivity index (χ2n) is 4.03. The van der Waals surface area contributed by atoms with Crippen molar-refractivity contribution in [2.24, 2.45) is 0 Å². The molecule has 0 unspecified atom stereocenters. The van der Waals surface area contributed by atoms with E-state index in [1.807, 2.05) is 18.0 Å². The van der Waals surface area contributed by atoms with Gasteiger partial charge in [-0.1, -0.05) is 0 Å². The monoisotopic (exact) mass is 258 g/mol. The van der Waals surface area contributed by atoms with Crippen molar-refractivity contribution in [3.8, 4) is 0 Å². The van der Waals surface area contributed by atoms with Gasteiger partial charge >= 0.3 is 0 Å². The van der Waals surface area contributed by atoms with E-state index in [2.05, 4.69) is 20.9 Å². The predicted octanol–water partition coefficient (Wildman–Crippen LogP) is 2.05. The van der Waals surface area contributed by atoms with Crippen LogP contribution in [0, 0.1) is 0 Å². The average molecular weight is 259 g/mol. The highest BCUT2D eigenvalue weighted by Crippen LogP contribution is 2.18. The van der Waals surface area contributed by atoms with Gasteiger partial charge in [0, 0.05) is 24.3 Å². The van der Waals surface area contributed by atoms with Crippen molar-refractivity contribution in [3.63, 3.8) is 0 Å². The summed E-state index contributed by atoms with van der Waals surface area (Å²) in [5.41, 5.74) is 0.290. The third-order valence-corrected chi connectivity index (χ3v) is 2.19. The second-order valence-corrected chi connectivity index (χ2v) is 4.95. The molecule has 0 radical (unpaired) electrons. The molecule has 4 heteroatoms. The van der Waals surface area contributed by atoms with Crippen molar-refractivity contribution in [1.82, 2.24) is 4.98 Å². The van der Waals surface area contributed by atoms with Crippen LogP contribution in [-0.4, -0.2) is 29.3 Å². The zero-order valence-corrected chi connectivity index (χ0v) is 10.2. The summed E-state index contributed by atoms with van der Waals surface area (Å²) in [5, 5.41) is 9.64. The van der Waals surface area contributed by atoms with Gasteiger partial charge in [-0.15, -0.1) is 0 Å². The number of rotatable bonds is 3. The Hall–Kier alpha value is -0.610. The lowest BCUT2D eigenvalue weighted by molar-refractivity contribution is 0.0886. The first-order valence-electron chi connectivity index (χ1n) is 4.42. The maximum Gasteiger partial charge on any atom is 0.0765 e. The van der Waals surface area contributed by atoms with Crippen molar-refractivity contribution in [3.05, 3.63) is 22.9 Å². The van der Waals surface area contributed by atoms with Crippen molar-refractivity contribution in [2.45, 2.75) is 19.4 Å². The second kappa shape index (κ2) is 4.28. The first-order chi connectivity index (χ1) is 6.38. The summed E-state index contributed by atoms with van der Waals surface area (Å²) in [5.74, 6) is 0. The van der Waals surface area contributed by atoms with E-state index in [0.717, 1.165) is 10.2 Å². The van der Waals surface area contributed by atoms with Crippen LogP contribution in [0.25, 0.3) is 0 Å². The highest BCUT2D eigenvalue weighted by atomic mass is 79.9. The number of pyridine rings is 1. The molecule has 1 rings (SSSR count). The molecule has 0 aromatic carbocycles. The number of likely N-dealkylation sites (N-methyl/N-ethyl adjacent to an activating group) is 1. The molecule has 0 amide bonds. The summed E-state index contributed by atoms with van der Waals surface area (Å²) >= 11 is 3.36. The van der Waals surface area contributed by atoms with E-state index in [9.17, 15) is 5.11 Å². The largest absolute Gasteiger partial charge is 0.389 e. The Morgan fingerprint density at radius 2 is 2.14 bits per heavy atom. The molecule has 0 saturated carbocycles. The van der Waals surface area contributed by atoms with Gasteiger partial charge in [-0.05, 0) is 35.8 Å². The minimum absolute atomic E-state index is 0.575. The number of nitrogens with zero attached hydrogens (tertiary/aromatic N) is 2. The summed E-state index contributed by atoms with van der Waals surface area (Å²) in [6.07, 6.45) is 3.51. The van der Waals surface area contributed by atoms with Crippen LogP contribution in [0.1, 0.15) is 13.8 Å². The molecule has 14 heavy (non-hydrogen) atoms. The standard InChI is InChI=1S/C10H15BrN2O/c1-10(2,14)7-13(3)9-4-8(11)5-12-6-9/h4-6,14H,7H2,1-3H3.